The molecule has 1 fully saturated rings. The van der Waals surface area contributed by atoms with E-state index in [0.29, 0.717) is 25.5 Å². The highest BCUT2D eigenvalue weighted by atomic mass is 16.5. The van der Waals surface area contributed by atoms with Crippen molar-refractivity contribution in [1.29, 1.82) is 0 Å². The van der Waals surface area contributed by atoms with Gasteiger partial charge in [0.25, 0.3) is 5.91 Å². The van der Waals surface area contributed by atoms with E-state index in [9.17, 15) is 4.79 Å². The van der Waals surface area contributed by atoms with E-state index in [1.54, 1.807) is 0 Å². The van der Waals surface area contributed by atoms with Gasteiger partial charge in [0.15, 0.2) is 0 Å². The summed E-state index contributed by atoms with van der Waals surface area (Å²) in [4.78, 5) is 18.6. The number of carbonyl (C=O) groups is 1. The minimum absolute atomic E-state index is 0.00880. The Morgan fingerprint density at radius 1 is 1.56 bits per heavy atom. The molecule has 2 aliphatic rings. The monoisotopic (exact) mass is 250 g/mol. The van der Waals surface area contributed by atoms with Crippen LogP contribution < -0.4 is 5.32 Å². The summed E-state index contributed by atoms with van der Waals surface area (Å²) in [5, 5.41) is 3.21. The number of fused-ring (bicyclic) bond motifs is 1. The largest absolute Gasteiger partial charge is 0.377 e. The molecular formula is C12H18N4O2. The predicted molar refractivity (Wildman–Crippen MR) is 66.7 cm³/mol. The molecule has 1 unspecified atom stereocenters. The molecule has 0 aliphatic carbocycles. The molecule has 0 spiro atoms. The predicted octanol–water partition coefficient (Wildman–Crippen LogP) is 0.560. The lowest BCUT2D eigenvalue weighted by atomic mass is 10.2. The number of rotatable bonds is 1. The van der Waals surface area contributed by atoms with Crippen LogP contribution in [0.4, 0.5) is 5.95 Å². The molecular weight excluding hydrogens is 232 g/mol. The fourth-order valence-electron chi connectivity index (χ4n) is 2.46. The third-order valence-corrected chi connectivity index (χ3v) is 3.48. The van der Waals surface area contributed by atoms with Crippen LogP contribution in [-0.4, -0.2) is 52.7 Å². The second-order valence-corrected chi connectivity index (χ2v) is 4.85. The minimum Gasteiger partial charge on any atom is -0.377 e. The highest BCUT2D eigenvalue weighted by Crippen LogP contribution is 2.17. The highest BCUT2D eigenvalue weighted by Gasteiger charge is 2.27. The van der Waals surface area contributed by atoms with Crippen molar-refractivity contribution >= 4 is 11.9 Å². The Hall–Kier alpha value is -1.56. The number of aryl methyl sites for hydroxylation is 1. The molecule has 1 aromatic heterocycles. The first kappa shape index (κ1) is 11.5. The molecule has 3 rings (SSSR count). The Bertz CT molecular complexity index is 433. The van der Waals surface area contributed by atoms with Crippen LogP contribution >= 0.6 is 0 Å². The van der Waals surface area contributed by atoms with Gasteiger partial charge in [0, 0.05) is 25.8 Å². The van der Waals surface area contributed by atoms with E-state index in [2.05, 4.69) is 10.3 Å². The third-order valence-electron chi connectivity index (χ3n) is 3.48. The molecule has 2 aliphatic heterocycles. The molecule has 0 saturated carbocycles. The summed E-state index contributed by atoms with van der Waals surface area (Å²) < 4.78 is 7.36. The first-order valence-corrected chi connectivity index (χ1v) is 6.45. The van der Waals surface area contributed by atoms with E-state index in [-0.39, 0.29) is 11.9 Å². The van der Waals surface area contributed by atoms with Crippen molar-refractivity contribution in [2.75, 3.05) is 31.6 Å². The maximum absolute atomic E-state index is 12.4. The number of morpholine rings is 1. The van der Waals surface area contributed by atoms with Crippen molar-refractivity contribution in [2.24, 2.45) is 0 Å². The molecule has 98 valence electrons. The lowest BCUT2D eigenvalue weighted by molar-refractivity contribution is 0.00330. The smallest absolute Gasteiger partial charge is 0.274 e. The van der Waals surface area contributed by atoms with Gasteiger partial charge in [0.05, 0.1) is 19.3 Å². The number of anilines is 1. The van der Waals surface area contributed by atoms with Crippen molar-refractivity contribution in [1.82, 2.24) is 14.5 Å². The molecule has 1 atom stereocenters. The van der Waals surface area contributed by atoms with E-state index in [1.807, 2.05) is 22.6 Å². The number of imidazole rings is 1. The summed E-state index contributed by atoms with van der Waals surface area (Å²) in [6.45, 7) is 5.74. The fourth-order valence-corrected chi connectivity index (χ4v) is 2.46. The Labute approximate surface area is 106 Å². The molecule has 6 heteroatoms. The van der Waals surface area contributed by atoms with E-state index in [0.717, 1.165) is 25.5 Å². The van der Waals surface area contributed by atoms with Crippen LogP contribution in [0.3, 0.4) is 0 Å². The number of carbonyl (C=O) groups excluding carboxylic acids is 1. The number of aromatic nitrogens is 2. The lowest BCUT2D eigenvalue weighted by Crippen LogP contribution is -2.47. The topological polar surface area (TPSA) is 59.4 Å². The molecule has 1 saturated heterocycles. The van der Waals surface area contributed by atoms with Gasteiger partial charge >= 0.3 is 0 Å². The summed E-state index contributed by atoms with van der Waals surface area (Å²) in [5.74, 6) is 0.819. The van der Waals surface area contributed by atoms with Gasteiger partial charge in [-0.3, -0.25) is 4.79 Å². The van der Waals surface area contributed by atoms with E-state index < -0.39 is 0 Å². The Kier molecular flexibility index (Phi) is 2.95. The molecule has 18 heavy (non-hydrogen) atoms. The van der Waals surface area contributed by atoms with Crippen molar-refractivity contribution in [2.45, 2.75) is 25.9 Å². The van der Waals surface area contributed by atoms with Crippen LogP contribution in [0, 0.1) is 0 Å². The average molecular weight is 250 g/mol. The van der Waals surface area contributed by atoms with Crippen LogP contribution in [0.1, 0.15) is 23.8 Å². The zero-order valence-corrected chi connectivity index (χ0v) is 10.6. The molecule has 0 radical (unpaired) electrons. The minimum atomic E-state index is 0.00880. The highest BCUT2D eigenvalue weighted by molar-refractivity contribution is 5.93. The summed E-state index contributed by atoms with van der Waals surface area (Å²) in [6.07, 6.45) is 2.93. The van der Waals surface area contributed by atoms with Gasteiger partial charge in [-0.15, -0.1) is 0 Å². The first-order chi connectivity index (χ1) is 8.75. The fraction of sp³-hybridized carbons (Fsp3) is 0.667. The summed E-state index contributed by atoms with van der Waals surface area (Å²) >= 11 is 0. The van der Waals surface area contributed by atoms with Crippen molar-refractivity contribution < 1.29 is 9.53 Å². The molecule has 1 N–H and O–H groups in total. The number of hydrogen-bond acceptors (Lipinski definition) is 4. The van der Waals surface area contributed by atoms with Gasteiger partial charge in [-0.2, -0.15) is 0 Å². The molecule has 1 aromatic rings. The van der Waals surface area contributed by atoms with Gasteiger partial charge in [0.1, 0.15) is 5.69 Å². The second kappa shape index (κ2) is 4.61. The Morgan fingerprint density at radius 2 is 2.44 bits per heavy atom. The molecule has 0 aromatic carbocycles. The van der Waals surface area contributed by atoms with Crippen LogP contribution in [-0.2, 0) is 11.3 Å². The normalized spacial score (nSPS) is 23.4. The van der Waals surface area contributed by atoms with Crippen LogP contribution in [0.15, 0.2) is 6.20 Å². The van der Waals surface area contributed by atoms with Crippen LogP contribution in [0.2, 0.25) is 0 Å². The Morgan fingerprint density at radius 3 is 3.22 bits per heavy atom. The zero-order valence-electron chi connectivity index (χ0n) is 10.6. The number of hydrogen-bond donors (Lipinski definition) is 1. The van der Waals surface area contributed by atoms with E-state index >= 15 is 0 Å². The quantitative estimate of drug-likeness (QED) is 0.791. The first-order valence-electron chi connectivity index (χ1n) is 6.45. The molecule has 6 nitrogen and oxygen atoms in total. The van der Waals surface area contributed by atoms with E-state index in [1.165, 1.54) is 0 Å². The summed E-state index contributed by atoms with van der Waals surface area (Å²) in [5.41, 5.74) is 0.535. The van der Waals surface area contributed by atoms with Gasteiger partial charge in [-0.25, -0.2) is 4.98 Å². The third kappa shape index (κ3) is 1.96. The number of nitrogens with zero attached hydrogens (tertiary/aromatic N) is 3. The molecule has 3 heterocycles. The van der Waals surface area contributed by atoms with Crippen LogP contribution in [0.25, 0.3) is 0 Å². The maximum Gasteiger partial charge on any atom is 0.274 e. The second-order valence-electron chi connectivity index (χ2n) is 4.85. The zero-order chi connectivity index (χ0) is 12.5. The van der Waals surface area contributed by atoms with Gasteiger partial charge < -0.3 is 19.5 Å². The van der Waals surface area contributed by atoms with Crippen molar-refractivity contribution in [3.63, 3.8) is 0 Å². The molecule has 0 bridgehead atoms. The van der Waals surface area contributed by atoms with Crippen molar-refractivity contribution in [3.05, 3.63) is 11.9 Å². The lowest BCUT2D eigenvalue weighted by Gasteiger charge is -2.32. The summed E-state index contributed by atoms with van der Waals surface area (Å²) in [6, 6.07) is 0.123. The maximum atomic E-state index is 12.4. The number of amides is 1. The number of nitrogens with one attached hydrogen (secondary N) is 1. The van der Waals surface area contributed by atoms with Gasteiger partial charge in [-0.1, -0.05) is 0 Å². The van der Waals surface area contributed by atoms with Crippen molar-refractivity contribution in [3.8, 4) is 0 Å². The standard InChI is InChI=1S/C12H18N4O2/c1-9-8-18-6-5-16(9)11(17)10-7-15-4-2-3-13-12(15)14-10/h7,9H,2-6,8H2,1H3,(H,13,14). The SMILES string of the molecule is CC1COCCN1C(=O)c1cn2c(n1)NCCC2. The van der Waals surface area contributed by atoms with Gasteiger partial charge in [0.2, 0.25) is 5.95 Å². The Balaban J connectivity index is 1.81. The van der Waals surface area contributed by atoms with E-state index in [4.69, 9.17) is 4.74 Å². The molecule has 1 amide bonds. The number of ether oxygens (including phenoxy) is 1. The van der Waals surface area contributed by atoms with Crippen LogP contribution in [0.5, 0.6) is 0 Å². The average Bonchev–Trinajstić information content (AvgIpc) is 2.82. The summed E-state index contributed by atoms with van der Waals surface area (Å²) in [7, 11) is 0. The van der Waals surface area contributed by atoms with Gasteiger partial charge in [-0.05, 0) is 13.3 Å².